The van der Waals surface area contributed by atoms with Gasteiger partial charge in [-0.25, -0.2) is 14.4 Å². The minimum atomic E-state index is -0.220. The van der Waals surface area contributed by atoms with Crippen molar-refractivity contribution in [2.24, 2.45) is 0 Å². The zero-order valence-electron chi connectivity index (χ0n) is 15.8. The second kappa shape index (κ2) is 9.60. The lowest BCUT2D eigenvalue weighted by atomic mass is 10.1. The molecule has 0 radical (unpaired) electrons. The molecule has 2 aromatic carbocycles. The summed E-state index contributed by atoms with van der Waals surface area (Å²) in [5, 5.41) is 3.13. The summed E-state index contributed by atoms with van der Waals surface area (Å²) in [4.78, 5) is 22.9. The fourth-order valence-electron chi connectivity index (χ4n) is 2.89. The summed E-state index contributed by atoms with van der Waals surface area (Å²) in [6, 6.07) is 18.2. The number of nitrogens with zero attached hydrogens (tertiary/aromatic N) is 3. The van der Waals surface area contributed by atoms with Crippen LogP contribution in [0.15, 0.2) is 67.0 Å². The number of nitrogens with one attached hydrogen (secondary N) is 1. The normalized spacial score (nSPS) is 10.5. The highest BCUT2D eigenvalue weighted by molar-refractivity contribution is 5.92. The van der Waals surface area contributed by atoms with Gasteiger partial charge >= 0.3 is 0 Å². The van der Waals surface area contributed by atoms with Gasteiger partial charge in [-0.2, -0.15) is 0 Å². The van der Waals surface area contributed by atoms with Gasteiger partial charge in [0.15, 0.2) is 0 Å². The van der Waals surface area contributed by atoms with E-state index in [4.69, 9.17) is 0 Å². The Kier molecular flexibility index (Phi) is 6.68. The van der Waals surface area contributed by atoms with Crippen LogP contribution >= 0.6 is 0 Å². The van der Waals surface area contributed by atoms with Crippen molar-refractivity contribution in [3.8, 4) is 0 Å². The number of anilines is 1. The molecule has 0 bridgehead atoms. The number of halogens is 1. The van der Waals surface area contributed by atoms with Gasteiger partial charge in [-0.3, -0.25) is 4.79 Å². The molecule has 0 atom stereocenters. The fraction of sp³-hybridized carbons (Fsp3) is 0.227. The number of rotatable bonds is 8. The molecule has 6 heteroatoms. The summed E-state index contributed by atoms with van der Waals surface area (Å²) in [7, 11) is 0. The molecular formula is C22H23FN4O. The Morgan fingerprint density at radius 1 is 1.07 bits per heavy atom. The van der Waals surface area contributed by atoms with Gasteiger partial charge in [0.1, 0.15) is 23.7 Å². The SMILES string of the molecule is CCN(Cc1ccccc1)C(=O)c1cc(NCCc2ccccc2F)ncn1. The van der Waals surface area contributed by atoms with Crippen LogP contribution in [0.2, 0.25) is 0 Å². The van der Waals surface area contributed by atoms with Crippen molar-refractivity contribution in [3.05, 3.63) is 89.6 Å². The maximum absolute atomic E-state index is 13.7. The van der Waals surface area contributed by atoms with E-state index in [0.717, 1.165) is 5.56 Å². The molecule has 0 spiro atoms. The van der Waals surface area contributed by atoms with E-state index in [1.807, 2.05) is 43.3 Å². The van der Waals surface area contributed by atoms with Gasteiger partial charge < -0.3 is 10.2 Å². The van der Waals surface area contributed by atoms with E-state index in [-0.39, 0.29) is 11.7 Å². The number of hydrogen-bond acceptors (Lipinski definition) is 4. The highest BCUT2D eigenvalue weighted by Gasteiger charge is 2.16. The molecule has 1 aromatic heterocycles. The van der Waals surface area contributed by atoms with E-state index >= 15 is 0 Å². The molecule has 1 amide bonds. The minimum absolute atomic E-state index is 0.147. The van der Waals surface area contributed by atoms with Gasteiger partial charge in [0, 0.05) is 25.7 Å². The molecule has 0 aliphatic carbocycles. The molecule has 0 saturated heterocycles. The van der Waals surface area contributed by atoms with Crippen LogP contribution in [0.4, 0.5) is 10.2 Å². The van der Waals surface area contributed by atoms with Crippen molar-refractivity contribution >= 4 is 11.7 Å². The van der Waals surface area contributed by atoms with E-state index in [1.165, 1.54) is 12.4 Å². The van der Waals surface area contributed by atoms with E-state index in [0.29, 0.717) is 43.1 Å². The number of amides is 1. The summed E-state index contributed by atoms with van der Waals surface area (Å²) in [6.07, 6.45) is 1.89. The lowest BCUT2D eigenvalue weighted by Crippen LogP contribution is -2.31. The van der Waals surface area contributed by atoms with Crippen molar-refractivity contribution in [1.82, 2.24) is 14.9 Å². The number of benzene rings is 2. The third-order valence-corrected chi connectivity index (χ3v) is 4.43. The molecule has 28 heavy (non-hydrogen) atoms. The van der Waals surface area contributed by atoms with Gasteiger partial charge in [-0.15, -0.1) is 0 Å². The molecule has 144 valence electrons. The highest BCUT2D eigenvalue weighted by atomic mass is 19.1. The molecule has 0 unspecified atom stereocenters. The van der Waals surface area contributed by atoms with Gasteiger partial charge in [0.05, 0.1) is 0 Å². The summed E-state index contributed by atoms with van der Waals surface area (Å²) in [5.74, 6) is 0.179. The minimum Gasteiger partial charge on any atom is -0.370 e. The van der Waals surface area contributed by atoms with Crippen molar-refractivity contribution in [2.45, 2.75) is 19.9 Å². The molecule has 0 saturated carbocycles. The lowest BCUT2D eigenvalue weighted by Gasteiger charge is -2.20. The largest absolute Gasteiger partial charge is 0.370 e. The summed E-state index contributed by atoms with van der Waals surface area (Å²) in [5.41, 5.74) is 2.04. The average molecular weight is 378 g/mol. The third kappa shape index (κ3) is 5.13. The second-order valence-corrected chi connectivity index (χ2v) is 6.36. The predicted octanol–water partition coefficient (Wildman–Crippen LogP) is 3.93. The molecule has 0 fully saturated rings. The number of aromatic nitrogens is 2. The fourth-order valence-corrected chi connectivity index (χ4v) is 2.89. The third-order valence-electron chi connectivity index (χ3n) is 4.43. The van der Waals surface area contributed by atoms with Gasteiger partial charge in [-0.1, -0.05) is 48.5 Å². The first-order valence-corrected chi connectivity index (χ1v) is 9.30. The second-order valence-electron chi connectivity index (χ2n) is 6.36. The van der Waals surface area contributed by atoms with Gasteiger partial charge in [-0.05, 0) is 30.5 Å². The van der Waals surface area contributed by atoms with Crippen molar-refractivity contribution in [2.75, 3.05) is 18.4 Å². The van der Waals surface area contributed by atoms with Crippen LogP contribution in [-0.4, -0.2) is 33.9 Å². The molecule has 0 aliphatic rings. The Bertz CT molecular complexity index is 917. The molecule has 1 heterocycles. The van der Waals surface area contributed by atoms with E-state index < -0.39 is 0 Å². The maximum Gasteiger partial charge on any atom is 0.272 e. The topological polar surface area (TPSA) is 58.1 Å². The monoisotopic (exact) mass is 378 g/mol. The van der Waals surface area contributed by atoms with Gasteiger partial charge in [0.2, 0.25) is 0 Å². The smallest absolute Gasteiger partial charge is 0.272 e. The molecule has 5 nitrogen and oxygen atoms in total. The van der Waals surface area contributed by atoms with Crippen LogP contribution in [0.5, 0.6) is 0 Å². The molecule has 1 N–H and O–H groups in total. The maximum atomic E-state index is 13.7. The van der Waals surface area contributed by atoms with Crippen LogP contribution < -0.4 is 5.32 Å². The Labute approximate surface area is 164 Å². The summed E-state index contributed by atoms with van der Waals surface area (Å²) >= 11 is 0. The first-order chi connectivity index (χ1) is 13.7. The van der Waals surface area contributed by atoms with E-state index in [9.17, 15) is 9.18 Å². The zero-order valence-corrected chi connectivity index (χ0v) is 15.8. The highest BCUT2D eigenvalue weighted by Crippen LogP contribution is 2.12. The van der Waals surface area contributed by atoms with Crippen LogP contribution in [0, 0.1) is 5.82 Å². The first kappa shape index (κ1) is 19.5. The lowest BCUT2D eigenvalue weighted by molar-refractivity contribution is 0.0746. The number of carbonyl (C=O) groups is 1. The van der Waals surface area contributed by atoms with Crippen molar-refractivity contribution in [1.29, 1.82) is 0 Å². The average Bonchev–Trinajstić information content (AvgIpc) is 2.74. The first-order valence-electron chi connectivity index (χ1n) is 9.30. The summed E-state index contributed by atoms with van der Waals surface area (Å²) in [6.45, 7) is 3.55. The Morgan fingerprint density at radius 2 is 1.82 bits per heavy atom. The molecule has 3 rings (SSSR count). The predicted molar refractivity (Wildman–Crippen MR) is 107 cm³/mol. The number of hydrogen-bond donors (Lipinski definition) is 1. The standard InChI is InChI=1S/C22H23FN4O/c1-2-27(15-17-8-4-3-5-9-17)22(28)20-14-21(26-16-25-20)24-13-12-18-10-6-7-11-19(18)23/h3-11,14,16H,2,12-13,15H2,1H3,(H,24,25,26). The molecule has 0 aliphatic heterocycles. The van der Waals surface area contributed by atoms with Crippen LogP contribution in [-0.2, 0) is 13.0 Å². The van der Waals surface area contributed by atoms with E-state index in [1.54, 1.807) is 23.1 Å². The molecular weight excluding hydrogens is 355 g/mol. The van der Waals surface area contributed by atoms with Crippen molar-refractivity contribution < 1.29 is 9.18 Å². The van der Waals surface area contributed by atoms with Crippen molar-refractivity contribution in [3.63, 3.8) is 0 Å². The Hall–Kier alpha value is -3.28. The summed E-state index contributed by atoms with van der Waals surface area (Å²) < 4.78 is 13.7. The zero-order chi connectivity index (χ0) is 19.8. The van der Waals surface area contributed by atoms with Crippen LogP contribution in [0.3, 0.4) is 0 Å². The number of carbonyl (C=O) groups excluding carboxylic acids is 1. The Balaban J connectivity index is 1.62. The van der Waals surface area contributed by atoms with Crippen LogP contribution in [0.25, 0.3) is 0 Å². The van der Waals surface area contributed by atoms with Gasteiger partial charge in [0.25, 0.3) is 5.91 Å². The van der Waals surface area contributed by atoms with E-state index in [2.05, 4.69) is 15.3 Å². The molecule has 3 aromatic rings. The van der Waals surface area contributed by atoms with Crippen LogP contribution in [0.1, 0.15) is 28.5 Å². The quantitative estimate of drug-likeness (QED) is 0.645. The Morgan fingerprint density at radius 3 is 2.57 bits per heavy atom.